The fraction of sp³-hybridized carbons (Fsp3) is 0.0909. The molecule has 0 fully saturated rings. The van der Waals surface area contributed by atoms with Crippen LogP contribution in [-0.4, -0.2) is 22.1 Å². The molecule has 1 N–H and O–H groups in total. The fourth-order valence-corrected chi connectivity index (χ4v) is 1.50. The van der Waals surface area contributed by atoms with Crippen molar-refractivity contribution in [2.45, 2.75) is 0 Å². The quantitative estimate of drug-likeness (QED) is 0.639. The minimum absolute atomic E-state index is 0.464. The van der Waals surface area contributed by atoms with Crippen molar-refractivity contribution in [1.82, 2.24) is 9.97 Å². The Morgan fingerprint density at radius 1 is 1.53 bits per heavy atom. The highest BCUT2D eigenvalue weighted by molar-refractivity contribution is 6.19. The van der Waals surface area contributed by atoms with Crippen LogP contribution in [0.15, 0.2) is 24.5 Å². The minimum Gasteiger partial charge on any atom is -0.345 e. The minimum atomic E-state index is 0.464. The van der Waals surface area contributed by atoms with Crippen LogP contribution in [0.4, 0.5) is 0 Å². The number of nitrogens with zero attached hydrogens (tertiary/aromatic N) is 1. The second-order valence-electron chi connectivity index (χ2n) is 3.08. The summed E-state index contributed by atoms with van der Waals surface area (Å²) in [6.07, 6.45) is 7.91. The maximum Gasteiger partial charge on any atom is 0.152 e. The van der Waals surface area contributed by atoms with Gasteiger partial charge in [-0.3, -0.25) is 4.79 Å². The third-order valence-corrected chi connectivity index (χ3v) is 2.29. The lowest BCUT2D eigenvalue weighted by Crippen LogP contribution is -1.81. The molecule has 0 spiro atoms. The lowest BCUT2D eigenvalue weighted by molar-refractivity contribution is 0.112. The molecule has 0 aliphatic heterocycles. The number of aldehydes is 1. The molecule has 15 heavy (non-hydrogen) atoms. The summed E-state index contributed by atoms with van der Waals surface area (Å²) in [4.78, 5) is 17.8. The van der Waals surface area contributed by atoms with Crippen molar-refractivity contribution in [1.29, 1.82) is 0 Å². The van der Waals surface area contributed by atoms with Gasteiger partial charge in [-0.15, -0.1) is 11.6 Å². The van der Waals surface area contributed by atoms with Crippen LogP contribution in [0.1, 0.15) is 15.9 Å². The van der Waals surface area contributed by atoms with Crippen molar-refractivity contribution in [2.75, 3.05) is 5.88 Å². The molecule has 2 aromatic rings. The molecule has 76 valence electrons. The van der Waals surface area contributed by atoms with Gasteiger partial charge >= 0.3 is 0 Å². The average Bonchev–Trinajstić information content (AvgIpc) is 2.68. The Bertz CT molecular complexity index is 516. The number of halogens is 1. The van der Waals surface area contributed by atoms with Crippen LogP contribution in [0.25, 0.3) is 17.1 Å². The van der Waals surface area contributed by atoms with Gasteiger partial charge in [0, 0.05) is 29.2 Å². The smallest absolute Gasteiger partial charge is 0.152 e. The van der Waals surface area contributed by atoms with Gasteiger partial charge in [0.05, 0.1) is 0 Å². The topological polar surface area (TPSA) is 45.8 Å². The molecule has 0 atom stereocenters. The van der Waals surface area contributed by atoms with Crippen molar-refractivity contribution >= 4 is 35.0 Å². The standard InChI is InChI=1S/C11H9ClN2O/c12-3-1-2-8-4-10-9(7-15)6-14-11(10)13-5-8/h1-2,4-7H,3H2,(H,13,14). The summed E-state index contributed by atoms with van der Waals surface area (Å²) in [7, 11) is 0. The SMILES string of the molecule is O=Cc1c[nH]c2ncc(C=CCCl)cc12. The average molecular weight is 221 g/mol. The first-order valence-corrected chi connectivity index (χ1v) is 5.03. The Morgan fingerprint density at radius 3 is 3.13 bits per heavy atom. The normalized spacial score (nSPS) is 11.3. The van der Waals surface area contributed by atoms with Crippen LogP contribution in [-0.2, 0) is 0 Å². The van der Waals surface area contributed by atoms with E-state index in [1.54, 1.807) is 12.4 Å². The van der Waals surface area contributed by atoms with Crippen LogP contribution in [0.2, 0.25) is 0 Å². The Hall–Kier alpha value is -1.61. The predicted octanol–water partition coefficient (Wildman–Crippen LogP) is 2.63. The highest BCUT2D eigenvalue weighted by Gasteiger charge is 2.03. The van der Waals surface area contributed by atoms with E-state index < -0.39 is 0 Å². The van der Waals surface area contributed by atoms with Crippen molar-refractivity contribution in [3.05, 3.63) is 35.7 Å². The van der Waals surface area contributed by atoms with Crippen LogP contribution in [0.3, 0.4) is 0 Å². The maximum absolute atomic E-state index is 10.7. The van der Waals surface area contributed by atoms with Crippen molar-refractivity contribution in [2.24, 2.45) is 0 Å². The van der Waals surface area contributed by atoms with E-state index >= 15 is 0 Å². The number of nitrogens with one attached hydrogen (secondary N) is 1. The lowest BCUT2D eigenvalue weighted by Gasteiger charge is -1.94. The number of pyridine rings is 1. The zero-order valence-corrected chi connectivity index (χ0v) is 8.66. The van der Waals surface area contributed by atoms with E-state index in [0.717, 1.165) is 22.9 Å². The van der Waals surface area contributed by atoms with Crippen LogP contribution < -0.4 is 0 Å². The molecule has 2 heterocycles. The Labute approximate surface area is 91.8 Å². The molecule has 0 bridgehead atoms. The molecule has 0 radical (unpaired) electrons. The zero-order chi connectivity index (χ0) is 10.7. The molecule has 0 unspecified atom stereocenters. The van der Waals surface area contributed by atoms with Gasteiger partial charge in [-0.25, -0.2) is 4.98 Å². The van der Waals surface area contributed by atoms with E-state index in [9.17, 15) is 4.79 Å². The number of carbonyl (C=O) groups is 1. The number of aromatic amines is 1. The van der Waals surface area contributed by atoms with Crippen molar-refractivity contribution in [3.63, 3.8) is 0 Å². The number of H-pyrrole nitrogens is 1. The zero-order valence-electron chi connectivity index (χ0n) is 7.90. The molecular formula is C11H9ClN2O. The van der Waals surface area contributed by atoms with Gasteiger partial charge in [0.1, 0.15) is 5.65 Å². The van der Waals surface area contributed by atoms with E-state index in [1.807, 2.05) is 18.2 Å². The van der Waals surface area contributed by atoms with Gasteiger partial charge in [-0.05, 0) is 11.6 Å². The highest BCUT2D eigenvalue weighted by atomic mass is 35.5. The first-order valence-electron chi connectivity index (χ1n) is 4.50. The molecule has 0 saturated carbocycles. The molecule has 0 aromatic carbocycles. The largest absolute Gasteiger partial charge is 0.345 e. The molecule has 0 aliphatic carbocycles. The second-order valence-corrected chi connectivity index (χ2v) is 3.39. The number of fused-ring (bicyclic) bond motifs is 1. The summed E-state index contributed by atoms with van der Waals surface area (Å²) < 4.78 is 0. The number of rotatable bonds is 3. The first-order chi connectivity index (χ1) is 7.35. The van der Waals surface area contributed by atoms with E-state index in [4.69, 9.17) is 11.6 Å². The molecule has 3 nitrogen and oxygen atoms in total. The summed E-state index contributed by atoms with van der Waals surface area (Å²) in [6, 6.07) is 1.91. The van der Waals surface area contributed by atoms with Crippen LogP contribution in [0.5, 0.6) is 0 Å². The number of alkyl halides is 1. The van der Waals surface area contributed by atoms with Crippen molar-refractivity contribution < 1.29 is 4.79 Å². The molecule has 2 aromatic heterocycles. The third-order valence-electron chi connectivity index (χ3n) is 2.11. The van der Waals surface area contributed by atoms with Gasteiger partial charge in [0.2, 0.25) is 0 Å². The second kappa shape index (κ2) is 4.28. The Kier molecular flexibility index (Phi) is 2.83. The molecule has 2 rings (SSSR count). The molecule has 0 aliphatic rings. The van der Waals surface area contributed by atoms with Gasteiger partial charge in [-0.1, -0.05) is 12.2 Å². The summed E-state index contributed by atoms with van der Waals surface area (Å²) in [5.74, 6) is 0.464. The first kappa shape index (κ1) is 9.93. The number of hydrogen-bond donors (Lipinski definition) is 1. The summed E-state index contributed by atoms with van der Waals surface area (Å²) in [6.45, 7) is 0. The third kappa shape index (κ3) is 1.92. The Morgan fingerprint density at radius 2 is 2.40 bits per heavy atom. The number of hydrogen-bond acceptors (Lipinski definition) is 2. The monoisotopic (exact) mass is 220 g/mol. The van der Waals surface area contributed by atoms with E-state index in [-0.39, 0.29) is 0 Å². The van der Waals surface area contributed by atoms with E-state index in [2.05, 4.69) is 9.97 Å². The predicted molar refractivity (Wildman–Crippen MR) is 61.2 cm³/mol. The van der Waals surface area contributed by atoms with Gasteiger partial charge < -0.3 is 4.98 Å². The molecule has 0 amide bonds. The van der Waals surface area contributed by atoms with E-state index in [0.29, 0.717) is 11.4 Å². The summed E-state index contributed by atoms with van der Waals surface area (Å²) in [5.41, 5.74) is 2.28. The number of carbonyl (C=O) groups excluding carboxylic acids is 1. The lowest BCUT2D eigenvalue weighted by atomic mass is 10.2. The number of aromatic nitrogens is 2. The molecule has 4 heteroatoms. The van der Waals surface area contributed by atoms with Crippen LogP contribution in [0, 0.1) is 0 Å². The van der Waals surface area contributed by atoms with E-state index in [1.165, 1.54) is 0 Å². The highest BCUT2D eigenvalue weighted by Crippen LogP contribution is 2.16. The van der Waals surface area contributed by atoms with Crippen LogP contribution >= 0.6 is 11.6 Å². The van der Waals surface area contributed by atoms with Gasteiger partial charge in [0.15, 0.2) is 6.29 Å². The summed E-state index contributed by atoms with van der Waals surface area (Å²) >= 11 is 5.54. The van der Waals surface area contributed by atoms with Crippen molar-refractivity contribution in [3.8, 4) is 0 Å². The maximum atomic E-state index is 10.7. The molecular weight excluding hydrogens is 212 g/mol. The Balaban J connectivity index is 2.52. The summed E-state index contributed by atoms with van der Waals surface area (Å²) in [5, 5.41) is 0.835. The number of allylic oxidation sites excluding steroid dienone is 1. The fourth-order valence-electron chi connectivity index (χ4n) is 1.41. The molecule has 0 saturated heterocycles. The van der Waals surface area contributed by atoms with Gasteiger partial charge in [-0.2, -0.15) is 0 Å². The van der Waals surface area contributed by atoms with Gasteiger partial charge in [0.25, 0.3) is 0 Å².